The van der Waals surface area contributed by atoms with Crippen molar-refractivity contribution in [2.24, 2.45) is 11.7 Å². The number of aldehydes is 1. The SMILES string of the molecule is CC[C@H](C)[C@H](N)C(=O)O[C@@H](C=O)[C@@H](O)[C@H](O)[C@H](O)CO. The molecule has 0 rings (SSSR count). The van der Waals surface area contributed by atoms with Gasteiger partial charge in [-0.25, -0.2) is 0 Å². The van der Waals surface area contributed by atoms with E-state index in [1.165, 1.54) is 0 Å². The molecule has 0 bridgehead atoms. The zero-order chi connectivity index (χ0) is 15.9. The van der Waals surface area contributed by atoms with Gasteiger partial charge in [-0.2, -0.15) is 0 Å². The van der Waals surface area contributed by atoms with E-state index in [2.05, 4.69) is 0 Å². The highest BCUT2D eigenvalue weighted by atomic mass is 16.6. The van der Waals surface area contributed by atoms with Gasteiger partial charge in [0.05, 0.1) is 6.61 Å². The molecule has 8 nitrogen and oxygen atoms in total. The summed E-state index contributed by atoms with van der Waals surface area (Å²) < 4.78 is 4.73. The maximum absolute atomic E-state index is 11.7. The highest BCUT2D eigenvalue weighted by Crippen LogP contribution is 2.11. The number of ether oxygens (including phenoxy) is 1. The second-order valence-corrected chi connectivity index (χ2v) is 4.68. The summed E-state index contributed by atoms with van der Waals surface area (Å²) in [5, 5.41) is 36.9. The molecule has 118 valence electrons. The van der Waals surface area contributed by atoms with E-state index in [-0.39, 0.29) is 12.2 Å². The van der Waals surface area contributed by atoms with Crippen molar-refractivity contribution in [3.05, 3.63) is 0 Å². The monoisotopic (exact) mass is 293 g/mol. The van der Waals surface area contributed by atoms with Crippen LogP contribution in [0.2, 0.25) is 0 Å². The Morgan fingerprint density at radius 2 is 1.85 bits per heavy atom. The molecule has 0 amide bonds. The number of aliphatic hydroxyl groups is 4. The third-order valence-corrected chi connectivity index (χ3v) is 3.18. The lowest BCUT2D eigenvalue weighted by Gasteiger charge is -2.27. The van der Waals surface area contributed by atoms with E-state index in [1.807, 2.05) is 6.92 Å². The van der Waals surface area contributed by atoms with Gasteiger partial charge >= 0.3 is 5.97 Å². The molecule has 0 spiro atoms. The zero-order valence-corrected chi connectivity index (χ0v) is 11.5. The Morgan fingerprint density at radius 3 is 2.25 bits per heavy atom. The molecule has 0 fully saturated rings. The van der Waals surface area contributed by atoms with E-state index in [1.54, 1.807) is 6.92 Å². The molecule has 6 atom stereocenters. The smallest absolute Gasteiger partial charge is 0.323 e. The number of hydrogen-bond acceptors (Lipinski definition) is 8. The van der Waals surface area contributed by atoms with Crippen molar-refractivity contribution in [2.45, 2.75) is 50.7 Å². The minimum Gasteiger partial charge on any atom is -0.451 e. The van der Waals surface area contributed by atoms with Crippen molar-refractivity contribution in [1.82, 2.24) is 0 Å². The average molecular weight is 293 g/mol. The first-order valence-electron chi connectivity index (χ1n) is 6.36. The summed E-state index contributed by atoms with van der Waals surface area (Å²) in [4.78, 5) is 22.5. The quantitative estimate of drug-likeness (QED) is 0.232. The van der Waals surface area contributed by atoms with E-state index in [9.17, 15) is 19.8 Å². The molecular weight excluding hydrogens is 270 g/mol. The molecule has 0 saturated carbocycles. The Morgan fingerprint density at radius 1 is 1.30 bits per heavy atom. The van der Waals surface area contributed by atoms with Crippen LogP contribution in [0.4, 0.5) is 0 Å². The maximum atomic E-state index is 11.7. The third kappa shape index (κ3) is 5.14. The third-order valence-electron chi connectivity index (χ3n) is 3.18. The molecule has 8 heteroatoms. The summed E-state index contributed by atoms with van der Waals surface area (Å²) in [5.41, 5.74) is 5.61. The predicted molar refractivity (Wildman–Crippen MR) is 68.5 cm³/mol. The van der Waals surface area contributed by atoms with Gasteiger partial charge in [0.15, 0.2) is 12.4 Å². The van der Waals surface area contributed by atoms with Gasteiger partial charge in [0.25, 0.3) is 0 Å². The first-order chi connectivity index (χ1) is 9.29. The zero-order valence-electron chi connectivity index (χ0n) is 11.5. The van der Waals surface area contributed by atoms with Gasteiger partial charge in [-0.15, -0.1) is 0 Å². The van der Waals surface area contributed by atoms with Crippen LogP contribution in [0.3, 0.4) is 0 Å². The Kier molecular flexibility index (Phi) is 8.51. The van der Waals surface area contributed by atoms with Gasteiger partial charge in [0.1, 0.15) is 24.4 Å². The lowest BCUT2D eigenvalue weighted by atomic mass is 10.00. The fourth-order valence-corrected chi connectivity index (χ4v) is 1.41. The lowest BCUT2D eigenvalue weighted by molar-refractivity contribution is -0.170. The summed E-state index contributed by atoms with van der Waals surface area (Å²) in [6, 6.07) is -0.963. The average Bonchev–Trinajstić information content (AvgIpc) is 2.48. The van der Waals surface area contributed by atoms with E-state index >= 15 is 0 Å². The molecule has 0 radical (unpaired) electrons. The molecule has 0 aliphatic heterocycles. The Labute approximate surface area is 117 Å². The van der Waals surface area contributed by atoms with E-state index in [0.29, 0.717) is 6.42 Å². The van der Waals surface area contributed by atoms with Crippen molar-refractivity contribution in [3.8, 4) is 0 Å². The van der Waals surface area contributed by atoms with Crippen molar-refractivity contribution in [1.29, 1.82) is 0 Å². The molecule has 0 aromatic heterocycles. The molecule has 0 aromatic rings. The molecule has 20 heavy (non-hydrogen) atoms. The van der Waals surface area contributed by atoms with Crippen LogP contribution >= 0.6 is 0 Å². The molecule has 0 aliphatic carbocycles. The highest BCUT2D eigenvalue weighted by Gasteiger charge is 2.35. The standard InChI is InChI=1S/C12H23NO7/c1-3-6(2)9(13)12(19)20-8(5-15)11(18)10(17)7(16)4-14/h5-11,14,16-18H,3-4,13H2,1-2H3/t6-,7+,8-,9-,10+,11+/m0/s1. The van der Waals surface area contributed by atoms with Gasteiger partial charge < -0.3 is 30.9 Å². The molecular formula is C12H23NO7. The normalized spacial score (nSPS) is 20.4. The van der Waals surface area contributed by atoms with Crippen LogP contribution in [0.15, 0.2) is 0 Å². The second-order valence-electron chi connectivity index (χ2n) is 4.68. The maximum Gasteiger partial charge on any atom is 0.323 e. The largest absolute Gasteiger partial charge is 0.451 e. The van der Waals surface area contributed by atoms with Crippen LogP contribution in [0.25, 0.3) is 0 Å². The highest BCUT2D eigenvalue weighted by molar-refractivity contribution is 5.78. The van der Waals surface area contributed by atoms with Crippen molar-refractivity contribution >= 4 is 12.3 Å². The van der Waals surface area contributed by atoms with Gasteiger partial charge in [-0.1, -0.05) is 20.3 Å². The van der Waals surface area contributed by atoms with Crippen LogP contribution in [-0.4, -0.2) is 69.7 Å². The number of esters is 1. The molecule has 0 aromatic carbocycles. The molecule has 0 aliphatic rings. The van der Waals surface area contributed by atoms with E-state index in [0.717, 1.165) is 0 Å². The number of aliphatic hydroxyl groups excluding tert-OH is 4. The molecule has 0 saturated heterocycles. The number of rotatable bonds is 9. The summed E-state index contributed by atoms with van der Waals surface area (Å²) in [6.07, 6.45) is -6.27. The number of carbonyl (C=O) groups is 2. The first-order valence-corrected chi connectivity index (χ1v) is 6.36. The van der Waals surface area contributed by atoms with Gasteiger partial charge in [-0.05, 0) is 5.92 Å². The van der Waals surface area contributed by atoms with Crippen molar-refractivity contribution < 1.29 is 34.8 Å². The van der Waals surface area contributed by atoms with Crippen molar-refractivity contribution in [3.63, 3.8) is 0 Å². The van der Waals surface area contributed by atoms with Gasteiger partial charge in [0.2, 0.25) is 0 Å². The Bertz CT molecular complexity index is 312. The first kappa shape index (κ1) is 18.9. The minimum absolute atomic E-state index is 0.124. The second kappa shape index (κ2) is 8.98. The Hall–Kier alpha value is -1.06. The van der Waals surface area contributed by atoms with Crippen LogP contribution in [0.5, 0.6) is 0 Å². The predicted octanol–water partition coefficient (Wildman–Crippen LogP) is -2.45. The fourth-order valence-electron chi connectivity index (χ4n) is 1.41. The van der Waals surface area contributed by atoms with E-state index < -0.39 is 43.0 Å². The van der Waals surface area contributed by atoms with Crippen LogP contribution in [-0.2, 0) is 14.3 Å². The van der Waals surface area contributed by atoms with E-state index in [4.69, 9.17) is 20.7 Å². The van der Waals surface area contributed by atoms with Crippen molar-refractivity contribution in [2.75, 3.05) is 6.61 Å². The molecule has 0 unspecified atom stereocenters. The minimum atomic E-state index is -1.86. The van der Waals surface area contributed by atoms with Crippen LogP contribution < -0.4 is 5.73 Å². The van der Waals surface area contributed by atoms with Gasteiger partial charge in [-0.3, -0.25) is 9.59 Å². The summed E-state index contributed by atoms with van der Waals surface area (Å²) in [7, 11) is 0. The van der Waals surface area contributed by atoms with Gasteiger partial charge in [0, 0.05) is 0 Å². The number of carbonyl (C=O) groups excluding carboxylic acids is 2. The summed E-state index contributed by atoms with van der Waals surface area (Å²) in [6.45, 7) is 2.73. The number of hydrogen-bond donors (Lipinski definition) is 5. The topological polar surface area (TPSA) is 150 Å². The van der Waals surface area contributed by atoms with Crippen LogP contribution in [0, 0.1) is 5.92 Å². The fraction of sp³-hybridized carbons (Fsp3) is 0.833. The summed E-state index contributed by atoms with van der Waals surface area (Å²) >= 11 is 0. The summed E-state index contributed by atoms with van der Waals surface area (Å²) in [5.74, 6) is -1.07. The number of nitrogens with two attached hydrogens (primary N) is 1. The lowest BCUT2D eigenvalue weighted by Crippen LogP contribution is -2.50. The molecule has 6 N–H and O–H groups in total. The van der Waals surface area contributed by atoms with Crippen LogP contribution in [0.1, 0.15) is 20.3 Å². The Balaban J connectivity index is 4.69. The molecule has 0 heterocycles.